The van der Waals surface area contributed by atoms with Crippen molar-refractivity contribution >= 4 is 10.8 Å². The van der Waals surface area contributed by atoms with E-state index in [1.807, 2.05) is 0 Å². The second-order valence-corrected chi connectivity index (χ2v) is 6.19. The molecule has 1 nitrogen and oxygen atoms in total. The lowest BCUT2D eigenvalue weighted by molar-refractivity contribution is 0.434. The standard InChI is InChI=1S/C18H23N/c1-13(2)11-18-17(9-10-19-18)16-8-7-14-5-3-4-6-15(14)12-16/h3-8,12-13,17-19H,9-11H2,1-2H3. The highest BCUT2D eigenvalue weighted by molar-refractivity contribution is 5.83. The van der Waals surface area contributed by atoms with Crippen molar-refractivity contribution < 1.29 is 0 Å². The summed E-state index contributed by atoms with van der Waals surface area (Å²) in [7, 11) is 0. The second kappa shape index (κ2) is 5.34. The summed E-state index contributed by atoms with van der Waals surface area (Å²) in [6.45, 7) is 5.80. The molecule has 0 aromatic heterocycles. The van der Waals surface area contributed by atoms with E-state index in [0.717, 1.165) is 12.5 Å². The Bertz CT molecular complexity index is 558. The van der Waals surface area contributed by atoms with Gasteiger partial charge in [0.1, 0.15) is 0 Å². The minimum atomic E-state index is 0.654. The summed E-state index contributed by atoms with van der Waals surface area (Å²) >= 11 is 0. The monoisotopic (exact) mass is 253 g/mol. The molecule has 0 aliphatic carbocycles. The first-order chi connectivity index (χ1) is 9.24. The van der Waals surface area contributed by atoms with Crippen LogP contribution in [0.5, 0.6) is 0 Å². The van der Waals surface area contributed by atoms with Gasteiger partial charge in [0.25, 0.3) is 0 Å². The van der Waals surface area contributed by atoms with Crippen molar-refractivity contribution in [3.63, 3.8) is 0 Å². The number of fused-ring (bicyclic) bond motifs is 1. The molecule has 2 unspecified atom stereocenters. The first-order valence-electron chi connectivity index (χ1n) is 7.46. The van der Waals surface area contributed by atoms with Gasteiger partial charge < -0.3 is 5.32 Å². The van der Waals surface area contributed by atoms with E-state index in [4.69, 9.17) is 0 Å². The van der Waals surface area contributed by atoms with Gasteiger partial charge in [-0.1, -0.05) is 56.3 Å². The van der Waals surface area contributed by atoms with Gasteiger partial charge in [-0.05, 0) is 41.6 Å². The molecule has 1 fully saturated rings. The highest BCUT2D eigenvalue weighted by Gasteiger charge is 2.28. The fourth-order valence-corrected chi connectivity index (χ4v) is 3.36. The maximum atomic E-state index is 3.68. The van der Waals surface area contributed by atoms with Crippen molar-refractivity contribution in [2.45, 2.75) is 38.6 Å². The number of hydrogen-bond donors (Lipinski definition) is 1. The van der Waals surface area contributed by atoms with Crippen molar-refractivity contribution in [2.75, 3.05) is 6.54 Å². The molecule has 0 spiro atoms. The highest BCUT2D eigenvalue weighted by atomic mass is 14.9. The lowest BCUT2D eigenvalue weighted by Crippen LogP contribution is -2.27. The van der Waals surface area contributed by atoms with Gasteiger partial charge in [-0.15, -0.1) is 0 Å². The first-order valence-corrected chi connectivity index (χ1v) is 7.46. The molecule has 0 bridgehead atoms. The van der Waals surface area contributed by atoms with Gasteiger partial charge in [0.15, 0.2) is 0 Å². The Morgan fingerprint density at radius 3 is 2.68 bits per heavy atom. The molecule has 1 saturated heterocycles. The van der Waals surface area contributed by atoms with Crippen LogP contribution in [0.1, 0.15) is 38.2 Å². The fraction of sp³-hybridized carbons (Fsp3) is 0.444. The summed E-state index contributed by atoms with van der Waals surface area (Å²) in [5.41, 5.74) is 1.51. The third-order valence-electron chi connectivity index (χ3n) is 4.27. The Morgan fingerprint density at radius 1 is 1.11 bits per heavy atom. The van der Waals surface area contributed by atoms with Crippen molar-refractivity contribution in [3.8, 4) is 0 Å². The smallest absolute Gasteiger partial charge is 0.0139 e. The highest BCUT2D eigenvalue weighted by Crippen LogP contribution is 2.32. The van der Waals surface area contributed by atoms with Gasteiger partial charge >= 0.3 is 0 Å². The minimum Gasteiger partial charge on any atom is -0.313 e. The van der Waals surface area contributed by atoms with Gasteiger partial charge in [0, 0.05) is 12.0 Å². The van der Waals surface area contributed by atoms with Crippen LogP contribution >= 0.6 is 0 Å². The predicted molar refractivity (Wildman–Crippen MR) is 82.6 cm³/mol. The Hall–Kier alpha value is -1.34. The summed E-state index contributed by atoms with van der Waals surface area (Å²) in [6, 6.07) is 16.3. The molecule has 19 heavy (non-hydrogen) atoms. The maximum absolute atomic E-state index is 3.68. The van der Waals surface area contributed by atoms with E-state index in [1.54, 1.807) is 0 Å². The molecule has 1 aliphatic rings. The van der Waals surface area contributed by atoms with Gasteiger partial charge in [0.05, 0.1) is 0 Å². The number of rotatable bonds is 3. The molecule has 0 saturated carbocycles. The minimum absolute atomic E-state index is 0.654. The van der Waals surface area contributed by atoms with Crippen LogP contribution in [0.15, 0.2) is 42.5 Å². The van der Waals surface area contributed by atoms with Crippen LogP contribution in [0.3, 0.4) is 0 Å². The SMILES string of the molecule is CC(C)CC1NCCC1c1ccc2ccccc2c1. The molecule has 1 N–H and O–H groups in total. The summed E-state index contributed by atoms with van der Waals surface area (Å²) in [5, 5.41) is 6.40. The van der Waals surface area contributed by atoms with Crippen LogP contribution in [-0.2, 0) is 0 Å². The van der Waals surface area contributed by atoms with Crippen LogP contribution in [0.2, 0.25) is 0 Å². The van der Waals surface area contributed by atoms with Crippen LogP contribution in [0, 0.1) is 5.92 Å². The Balaban J connectivity index is 1.90. The Morgan fingerprint density at radius 2 is 1.89 bits per heavy atom. The summed E-state index contributed by atoms with van der Waals surface area (Å²) in [4.78, 5) is 0. The molecule has 100 valence electrons. The summed E-state index contributed by atoms with van der Waals surface area (Å²) in [5.74, 6) is 1.45. The topological polar surface area (TPSA) is 12.0 Å². The van der Waals surface area contributed by atoms with Crippen molar-refractivity contribution in [1.82, 2.24) is 5.32 Å². The first kappa shape index (κ1) is 12.7. The Kier molecular flexibility index (Phi) is 3.56. The molecule has 1 heteroatoms. The zero-order valence-electron chi connectivity index (χ0n) is 11.9. The molecule has 0 radical (unpaired) electrons. The van der Waals surface area contributed by atoms with Crippen LogP contribution in [0.4, 0.5) is 0 Å². The van der Waals surface area contributed by atoms with Crippen LogP contribution in [0.25, 0.3) is 10.8 Å². The van der Waals surface area contributed by atoms with E-state index in [9.17, 15) is 0 Å². The van der Waals surface area contributed by atoms with Crippen LogP contribution in [-0.4, -0.2) is 12.6 Å². The molecular weight excluding hydrogens is 230 g/mol. The van der Waals surface area contributed by atoms with Crippen molar-refractivity contribution in [2.24, 2.45) is 5.92 Å². The zero-order chi connectivity index (χ0) is 13.2. The zero-order valence-corrected chi connectivity index (χ0v) is 11.9. The van der Waals surface area contributed by atoms with E-state index in [0.29, 0.717) is 12.0 Å². The summed E-state index contributed by atoms with van der Waals surface area (Å²) in [6.07, 6.45) is 2.55. The average Bonchev–Trinajstić information content (AvgIpc) is 2.85. The number of hydrogen-bond acceptors (Lipinski definition) is 1. The molecule has 2 aromatic carbocycles. The van der Waals surface area contributed by atoms with Crippen molar-refractivity contribution in [3.05, 3.63) is 48.0 Å². The molecule has 0 amide bonds. The van der Waals surface area contributed by atoms with Crippen LogP contribution < -0.4 is 5.32 Å². The van der Waals surface area contributed by atoms with E-state index in [2.05, 4.69) is 61.6 Å². The van der Waals surface area contributed by atoms with Gasteiger partial charge in [-0.25, -0.2) is 0 Å². The van der Waals surface area contributed by atoms with E-state index in [1.165, 1.54) is 29.2 Å². The second-order valence-electron chi connectivity index (χ2n) is 6.19. The third-order valence-corrected chi connectivity index (χ3v) is 4.27. The number of benzene rings is 2. The quantitative estimate of drug-likeness (QED) is 0.858. The Labute approximate surface area is 116 Å². The lowest BCUT2D eigenvalue weighted by atomic mass is 9.86. The largest absolute Gasteiger partial charge is 0.313 e. The van der Waals surface area contributed by atoms with Gasteiger partial charge in [-0.3, -0.25) is 0 Å². The predicted octanol–water partition coefficient (Wildman–Crippen LogP) is 4.33. The average molecular weight is 253 g/mol. The van der Waals surface area contributed by atoms with E-state index < -0.39 is 0 Å². The number of nitrogens with one attached hydrogen (secondary N) is 1. The molecular formula is C18H23N. The molecule has 1 aliphatic heterocycles. The van der Waals surface area contributed by atoms with E-state index in [-0.39, 0.29) is 0 Å². The fourth-order valence-electron chi connectivity index (χ4n) is 3.36. The third kappa shape index (κ3) is 2.66. The van der Waals surface area contributed by atoms with Crippen molar-refractivity contribution in [1.29, 1.82) is 0 Å². The summed E-state index contributed by atoms with van der Waals surface area (Å²) < 4.78 is 0. The molecule has 3 rings (SSSR count). The maximum Gasteiger partial charge on any atom is 0.0139 e. The van der Waals surface area contributed by atoms with E-state index >= 15 is 0 Å². The lowest BCUT2D eigenvalue weighted by Gasteiger charge is -2.22. The van der Waals surface area contributed by atoms with Gasteiger partial charge in [-0.2, -0.15) is 0 Å². The molecule has 1 heterocycles. The molecule has 2 aromatic rings. The van der Waals surface area contributed by atoms with Gasteiger partial charge in [0.2, 0.25) is 0 Å². The molecule has 2 atom stereocenters. The normalized spacial score (nSPS) is 23.3.